The highest BCUT2D eigenvalue weighted by Gasteiger charge is 2.14. The Bertz CT molecular complexity index is 991. The van der Waals surface area contributed by atoms with Crippen LogP contribution in [-0.2, 0) is 0 Å². The zero-order valence-corrected chi connectivity index (χ0v) is 13.8. The lowest BCUT2D eigenvalue weighted by atomic mass is 10.3. The van der Waals surface area contributed by atoms with Gasteiger partial charge in [0.2, 0.25) is 5.78 Å². The number of fused-ring (bicyclic) bond motifs is 1. The van der Waals surface area contributed by atoms with Crippen molar-refractivity contribution in [2.45, 2.75) is 6.92 Å². The number of para-hydroxylation sites is 1. The molecule has 0 aliphatic rings. The van der Waals surface area contributed by atoms with E-state index in [4.69, 9.17) is 11.6 Å². The van der Waals surface area contributed by atoms with Crippen molar-refractivity contribution >= 4 is 39.5 Å². The molecule has 0 radical (unpaired) electrons. The molecule has 0 amide bonds. The predicted molar refractivity (Wildman–Crippen MR) is 93.6 cm³/mol. The molecule has 114 valence electrons. The number of hydrogen-bond donors (Lipinski definition) is 1. The van der Waals surface area contributed by atoms with Crippen LogP contribution >= 0.6 is 22.9 Å². The van der Waals surface area contributed by atoms with Crippen molar-refractivity contribution < 1.29 is 0 Å². The van der Waals surface area contributed by atoms with E-state index >= 15 is 0 Å². The van der Waals surface area contributed by atoms with Gasteiger partial charge in [-0.1, -0.05) is 23.7 Å². The summed E-state index contributed by atoms with van der Waals surface area (Å²) in [5.74, 6) is 0.675. The quantitative estimate of drug-likeness (QED) is 0.593. The van der Waals surface area contributed by atoms with Gasteiger partial charge in [-0.15, -0.1) is 11.3 Å². The third-order valence-corrected chi connectivity index (χ3v) is 4.53. The van der Waals surface area contributed by atoms with E-state index in [9.17, 15) is 0 Å². The Morgan fingerprint density at radius 1 is 1.17 bits per heavy atom. The number of thiazole rings is 1. The Morgan fingerprint density at radius 3 is 2.91 bits per heavy atom. The number of halogens is 1. The molecular formula is C16H12ClN5S. The van der Waals surface area contributed by atoms with E-state index in [0.717, 1.165) is 27.9 Å². The molecule has 23 heavy (non-hydrogen) atoms. The van der Waals surface area contributed by atoms with Gasteiger partial charge in [0.25, 0.3) is 0 Å². The van der Waals surface area contributed by atoms with Gasteiger partial charge < -0.3 is 5.32 Å². The molecule has 0 saturated heterocycles. The zero-order chi connectivity index (χ0) is 15.8. The smallest absolute Gasteiger partial charge is 0.234 e. The van der Waals surface area contributed by atoms with E-state index in [1.165, 1.54) is 11.3 Å². The summed E-state index contributed by atoms with van der Waals surface area (Å²) >= 11 is 7.70. The van der Waals surface area contributed by atoms with Gasteiger partial charge in [-0.3, -0.25) is 4.40 Å². The normalized spacial score (nSPS) is 11.0. The van der Waals surface area contributed by atoms with Crippen LogP contribution in [0.5, 0.6) is 0 Å². The fraction of sp³-hybridized carbons (Fsp3) is 0.0625. The molecule has 0 fully saturated rings. The van der Waals surface area contributed by atoms with Crippen molar-refractivity contribution in [3.8, 4) is 11.4 Å². The van der Waals surface area contributed by atoms with Gasteiger partial charge in [0.15, 0.2) is 5.13 Å². The molecular weight excluding hydrogens is 330 g/mol. The summed E-state index contributed by atoms with van der Waals surface area (Å²) in [4.78, 5) is 13.4. The minimum Gasteiger partial charge on any atom is -0.330 e. The number of nitrogens with one attached hydrogen (secondary N) is 1. The van der Waals surface area contributed by atoms with E-state index in [2.05, 4.69) is 20.3 Å². The van der Waals surface area contributed by atoms with Crippen LogP contribution in [0.15, 0.2) is 48.1 Å². The Morgan fingerprint density at radius 2 is 2.04 bits per heavy atom. The SMILES string of the molecule is Cc1nc2ncccn2c1-c1csc(Nc2ccccc2Cl)n1. The summed E-state index contributed by atoms with van der Waals surface area (Å²) < 4.78 is 1.95. The lowest BCUT2D eigenvalue weighted by molar-refractivity contribution is 1.11. The number of nitrogens with zero attached hydrogens (tertiary/aromatic N) is 4. The van der Waals surface area contributed by atoms with E-state index in [-0.39, 0.29) is 0 Å². The second-order valence-electron chi connectivity index (χ2n) is 4.98. The summed E-state index contributed by atoms with van der Waals surface area (Å²) in [6, 6.07) is 9.48. The lowest BCUT2D eigenvalue weighted by Gasteiger charge is -2.04. The zero-order valence-electron chi connectivity index (χ0n) is 12.2. The second-order valence-corrected chi connectivity index (χ2v) is 6.24. The highest BCUT2D eigenvalue weighted by atomic mass is 35.5. The Hall–Kier alpha value is -2.44. The van der Waals surface area contributed by atoms with Crippen molar-refractivity contribution in [3.63, 3.8) is 0 Å². The molecule has 1 N–H and O–H groups in total. The van der Waals surface area contributed by atoms with Gasteiger partial charge in [0.1, 0.15) is 5.69 Å². The topological polar surface area (TPSA) is 55.1 Å². The van der Waals surface area contributed by atoms with E-state index in [0.29, 0.717) is 10.8 Å². The summed E-state index contributed by atoms with van der Waals surface area (Å²) in [7, 11) is 0. The maximum absolute atomic E-state index is 6.18. The van der Waals surface area contributed by atoms with Crippen LogP contribution in [0.2, 0.25) is 5.02 Å². The first-order valence-electron chi connectivity index (χ1n) is 6.99. The molecule has 1 aromatic carbocycles. The summed E-state index contributed by atoms with van der Waals surface area (Å²) in [6.07, 6.45) is 3.68. The number of aromatic nitrogens is 4. The van der Waals surface area contributed by atoms with Crippen LogP contribution in [0, 0.1) is 6.92 Å². The third kappa shape index (κ3) is 2.56. The number of hydrogen-bond acceptors (Lipinski definition) is 5. The van der Waals surface area contributed by atoms with E-state index in [1.54, 1.807) is 6.20 Å². The third-order valence-electron chi connectivity index (χ3n) is 3.44. The standard InChI is InChI=1S/C16H12ClN5S/c1-10-14(22-8-4-7-18-15(22)19-10)13-9-23-16(21-13)20-12-6-3-2-5-11(12)17/h2-9H,1H3,(H,20,21). The number of anilines is 2. The van der Waals surface area contributed by atoms with Gasteiger partial charge in [-0.25, -0.2) is 15.0 Å². The maximum Gasteiger partial charge on any atom is 0.234 e. The first kappa shape index (κ1) is 14.2. The van der Waals surface area contributed by atoms with Crippen molar-refractivity contribution in [3.05, 3.63) is 58.8 Å². The molecule has 7 heteroatoms. The lowest BCUT2D eigenvalue weighted by Crippen LogP contribution is -1.92. The Kier molecular flexibility index (Phi) is 3.48. The van der Waals surface area contributed by atoms with Crippen LogP contribution in [0.4, 0.5) is 10.8 Å². The minimum absolute atomic E-state index is 0.666. The molecule has 0 atom stereocenters. The van der Waals surface area contributed by atoms with Crippen LogP contribution in [0.1, 0.15) is 5.69 Å². The predicted octanol–water partition coefficient (Wildman–Crippen LogP) is 4.56. The molecule has 5 nitrogen and oxygen atoms in total. The summed E-state index contributed by atoms with van der Waals surface area (Å²) in [5, 5.41) is 6.70. The molecule has 0 aliphatic heterocycles. The highest BCUT2D eigenvalue weighted by Crippen LogP contribution is 2.31. The number of benzene rings is 1. The fourth-order valence-electron chi connectivity index (χ4n) is 2.42. The molecule has 3 heterocycles. The molecule has 3 aromatic heterocycles. The van der Waals surface area contributed by atoms with Gasteiger partial charge in [0.05, 0.1) is 22.1 Å². The molecule has 0 unspecified atom stereocenters. The number of rotatable bonds is 3. The van der Waals surface area contributed by atoms with Crippen molar-refractivity contribution in [2.75, 3.05) is 5.32 Å². The average molecular weight is 342 g/mol. The van der Waals surface area contributed by atoms with Crippen molar-refractivity contribution in [2.24, 2.45) is 0 Å². The minimum atomic E-state index is 0.666. The monoisotopic (exact) mass is 341 g/mol. The Labute approximate surface area is 141 Å². The van der Waals surface area contributed by atoms with Crippen LogP contribution in [0.3, 0.4) is 0 Å². The van der Waals surface area contributed by atoms with Crippen molar-refractivity contribution in [1.29, 1.82) is 0 Å². The molecule has 0 saturated carbocycles. The highest BCUT2D eigenvalue weighted by molar-refractivity contribution is 7.14. The maximum atomic E-state index is 6.18. The second kappa shape index (κ2) is 5.64. The van der Waals surface area contributed by atoms with Gasteiger partial charge in [0, 0.05) is 17.8 Å². The Balaban J connectivity index is 1.73. The summed E-state index contributed by atoms with van der Waals surface area (Å²) in [6.45, 7) is 1.96. The van der Waals surface area contributed by atoms with E-state index < -0.39 is 0 Å². The first-order chi connectivity index (χ1) is 11.2. The van der Waals surface area contributed by atoms with Crippen LogP contribution < -0.4 is 5.32 Å². The molecule has 0 aliphatic carbocycles. The van der Waals surface area contributed by atoms with Gasteiger partial charge in [-0.05, 0) is 25.1 Å². The largest absolute Gasteiger partial charge is 0.330 e. The summed E-state index contributed by atoms with van der Waals surface area (Å²) in [5.41, 5.74) is 3.56. The van der Waals surface area contributed by atoms with Crippen LogP contribution in [0.25, 0.3) is 17.2 Å². The fourth-order valence-corrected chi connectivity index (χ4v) is 3.31. The van der Waals surface area contributed by atoms with Gasteiger partial charge in [-0.2, -0.15) is 0 Å². The van der Waals surface area contributed by atoms with Gasteiger partial charge >= 0.3 is 0 Å². The van der Waals surface area contributed by atoms with E-state index in [1.807, 2.05) is 53.2 Å². The number of aryl methyl sites for hydroxylation is 1. The number of imidazole rings is 1. The molecule has 4 aromatic rings. The first-order valence-corrected chi connectivity index (χ1v) is 8.25. The molecule has 4 rings (SSSR count). The molecule has 0 bridgehead atoms. The average Bonchev–Trinajstić information content (AvgIpc) is 3.12. The van der Waals surface area contributed by atoms with Crippen molar-refractivity contribution in [1.82, 2.24) is 19.4 Å². The molecule has 0 spiro atoms. The van der Waals surface area contributed by atoms with Crippen LogP contribution in [-0.4, -0.2) is 19.4 Å².